The maximum Gasteiger partial charge on any atom is 0.305 e. The first-order valence-electron chi connectivity index (χ1n) is 6.08. The normalized spacial score (nSPS) is 13.4. The van der Waals surface area contributed by atoms with Gasteiger partial charge in [-0.1, -0.05) is 0 Å². The molecule has 0 saturated carbocycles. The molecule has 1 atom stereocenters. The molecular weight excluding hydrogens is 286 g/mol. The summed E-state index contributed by atoms with van der Waals surface area (Å²) in [5, 5.41) is 21.8. The van der Waals surface area contributed by atoms with E-state index in [2.05, 4.69) is 9.82 Å². The van der Waals surface area contributed by atoms with Crippen molar-refractivity contribution in [2.45, 2.75) is 44.7 Å². The summed E-state index contributed by atoms with van der Waals surface area (Å²) in [6.45, 7) is 4.59. The van der Waals surface area contributed by atoms with Crippen LogP contribution >= 0.6 is 0 Å². The molecule has 20 heavy (non-hydrogen) atoms. The quantitative estimate of drug-likeness (QED) is 0.632. The van der Waals surface area contributed by atoms with Crippen molar-refractivity contribution in [3.8, 4) is 0 Å². The lowest BCUT2D eigenvalue weighted by Gasteiger charge is -2.09. The van der Waals surface area contributed by atoms with E-state index in [9.17, 15) is 13.2 Å². The van der Waals surface area contributed by atoms with Gasteiger partial charge in [-0.2, -0.15) is 5.10 Å². The lowest BCUT2D eigenvalue weighted by molar-refractivity contribution is -0.137. The number of carbonyl (C=O) groups is 1. The smallest absolute Gasteiger partial charge is 0.305 e. The van der Waals surface area contributed by atoms with Crippen LogP contribution in [-0.2, 0) is 21.4 Å². The Hall–Kier alpha value is -1.45. The molecular formula is C11H19N3O5S. The van der Waals surface area contributed by atoms with Gasteiger partial charge in [0.05, 0.1) is 30.5 Å². The Morgan fingerprint density at radius 2 is 2.05 bits per heavy atom. The van der Waals surface area contributed by atoms with Crippen LogP contribution in [0.25, 0.3) is 0 Å². The van der Waals surface area contributed by atoms with E-state index < -0.39 is 22.1 Å². The summed E-state index contributed by atoms with van der Waals surface area (Å²) < 4.78 is 27.9. The van der Waals surface area contributed by atoms with Crippen molar-refractivity contribution < 1.29 is 23.4 Å². The van der Waals surface area contributed by atoms with Gasteiger partial charge in [0.25, 0.3) is 0 Å². The Morgan fingerprint density at radius 3 is 2.55 bits per heavy atom. The highest BCUT2D eigenvalue weighted by Crippen LogP contribution is 2.19. The van der Waals surface area contributed by atoms with Crippen molar-refractivity contribution in [3.63, 3.8) is 0 Å². The molecule has 9 heteroatoms. The van der Waals surface area contributed by atoms with Crippen LogP contribution in [0.4, 0.5) is 0 Å². The summed E-state index contributed by atoms with van der Waals surface area (Å²) in [7, 11) is -3.78. The molecule has 0 aromatic carbocycles. The average molecular weight is 305 g/mol. The molecule has 1 heterocycles. The van der Waals surface area contributed by atoms with Gasteiger partial charge in [0.1, 0.15) is 4.90 Å². The molecule has 0 aliphatic heterocycles. The maximum atomic E-state index is 12.1. The van der Waals surface area contributed by atoms with Crippen molar-refractivity contribution in [1.29, 1.82) is 0 Å². The van der Waals surface area contributed by atoms with Crippen LogP contribution in [0.2, 0.25) is 0 Å². The molecule has 0 bridgehead atoms. The number of aliphatic hydroxyl groups is 1. The van der Waals surface area contributed by atoms with E-state index in [1.54, 1.807) is 13.8 Å². The zero-order valence-electron chi connectivity index (χ0n) is 11.6. The van der Waals surface area contributed by atoms with Crippen molar-refractivity contribution in [2.24, 2.45) is 0 Å². The summed E-state index contributed by atoms with van der Waals surface area (Å²) >= 11 is 0. The van der Waals surface area contributed by atoms with E-state index in [-0.39, 0.29) is 24.4 Å². The number of aromatic nitrogens is 2. The molecule has 114 valence electrons. The Balaban J connectivity index is 3.04. The maximum absolute atomic E-state index is 12.1. The Bertz CT molecular complexity index is 591. The third-order valence-corrected chi connectivity index (χ3v) is 4.37. The minimum absolute atomic E-state index is 0.0311. The van der Waals surface area contributed by atoms with Crippen molar-refractivity contribution in [3.05, 3.63) is 11.4 Å². The number of aliphatic carboxylic acids is 1. The molecule has 8 nitrogen and oxygen atoms in total. The summed E-state index contributed by atoms with van der Waals surface area (Å²) in [6, 6.07) is 0. The molecule has 3 N–H and O–H groups in total. The van der Waals surface area contributed by atoms with Gasteiger partial charge < -0.3 is 10.2 Å². The first-order valence-corrected chi connectivity index (χ1v) is 7.57. The van der Waals surface area contributed by atoms with E-state index in [0.29, 0.717) is 11.4 Å². The predicted molar refractivity (Wildman–Crippen MR) is 70.8 cm³/mol. The Morgan fingerprint density at radius 1 is 1.45 bits per heavy atom. The summed E-state index contributed by atoms with van der Waals surface area (Å²) in [4.78, 5) is 10.6. The molecule has 0 spiro atoms. The van der Waals surface area contributed by atoms with Gasteiger partial charge in [-0.15, -0.1) is 0 Å². The monoisotopic (exact) mass is 305 g/mol. The van der Waals surface area contributed by atoms with Crippen LogP contribution in [0.3, 0.4) is 0 Å². The van der Waals surface area contributed by atoms with E-state index in [1.807, 2.05) is 0 Å². The van der Waals surface area contributed by atoms with Gasteiger partial charge in [0, 0.05) is 6.54 Å². The van der Waals surface area contributed by atoms with E-state index in [1.165, 1.54) is 11.6 Å². The highest BCUT2D eigenvalue weighted by atomic mass is 32.2. The van der Waals surface area contributed by atoms with Gasteiger partial charge in [-0.25, -0.2) is 13.1 Å². The minimum Gasteiger partial charge on any atom is -0.481 e. The van der Waals surface area contributed by atoms with Gasteiger partial charge in [-0.05, 0) is 20.8 Å². The Kier molecular flexibility index (Phi) is 5.26. The number of hydrogen-bond donors (Lipinski definition) is 3. The van der Waals surface area contributed by atoms with Crippen molar-refractivity contribution in [2.75, 3.05) is 6.54 Å². The van der Waals surface area contributed by atoms with Crippen LogP contribution in [0.15, 0.2) is 4.90 Å². The highest BCUT2D eigenvalue weighted by molar-refractivity contribution is 7.89. The number of sulfonamides is 1. The second kappa shape index (κ2) is 6.33. The lowest BCUT2D eigenvalue weighted by atomic mass is 10.4. The number of rotatable bonds is 7. The molecule has 0 aliphatic carbocycles. The highest BCUT2D eigenvalue weighted by Gasteiger charge is 2.24. The van der Waals surface area contributed by atoms with Crippen molar-refractivity contribution >= 4 is 16.0 Å². The van der Waals surface area contributed by atoms with Crippen LogP contribution in [-0.4, -0.2) is 47.0 Å². The molecule has 1 aromatic heterocycles. The topological polar surface area (TPSA) is 122 Å². The van der Waals surface area contributed by atoms with E-state index >= 15 is 0 Å². The number of nitrogens with one attached hydrogen (secondary N) is 1. The molecule has 1 aromatic rings. The van der Waals surface area contributed by atoms with Crippen LogP contribution < -0.4 is 4.72 Å². The third-order valence-electron chi connectivity index (χ3n) is 2.69. The fraction of sp³-hybridized carbons (Fsp3) is 0.636. The van der Waals surface area contributed by atoms with Gasteiger partial charge in [-0.3, -0.25) is 9.48 Å². The van der Waals surface area contributed by atoms with Gasteiger partial charge >= 0.3 is 5.97 Å². The summed E-state index contributed by atoms with van der Waals surface area (Å²) in [5.74, 6) is -0.978. The molecule has 1 rings (SSSR count). The van der Waals surface area contributed by atoms with Gasteiger partial charge in [0.15, 0.2) is 0 Å². The first kappa shape index (κ1) is 16.6. The van der Waals surface area contributed by atoms with Crippen LogP contribution in [0, 0.1) is 13.8 Å². The molecule has 0 radical (unpaired) electrons. The minimum atomic E-state index is -3.78. The summed E-state index contributed by atoms with van der Waals surface area (Å²) in [5.41, 5.74) is 0.674. The number of hydrogen-bond acceptors (Lipinski definition) is 5. The lowest BCUT2D eigenvalue weighted by Crippen LogP contribution is -2.31. The first-order chi connectivity index (χ1) is 9.15. The number of carboxylic acids is 1. The van der Waals surface area contributed by atoms with Crippen LogP contribution in [0.5, 0.6) is 0 Å². The standard InChI is InChI=1S/C11H19N3O5S/c1-7(15)6-12-20(18,19)11-8(2)13-14(9(11)3)5-4-10(16)17/h7,12,15H,4-6H2,1-3H3,(H,16,17). The summed E-state index contributed by atoms with van der Waals surface area (Å²) in [6.07, 6.45) is -0.935. The number of aryl methyl sites for hydroxylation is 2. The molecule has 1 unspecified atom stereocenters. The van der Waals surface area contributed by atoms with Gasteiger partial charge in [0.2, 0.25) is 10.0 Å². The van der Waals surface area contributed by atoms with Crippen LogP contribution in [0.1, 0.15) is 24.7 Å². The fourth-order valence-corrected chi connectivity index (χ4v) is 3.32. The third kappa shape index (κ3) is 4.02. The number of carboxylic acid groups (broad SMARTS) is 1. The average Bonchev–Trinajstić information content (AvgIpc) is 2.59. The van der Waals surface area contributed by atoms with E-state index in [0.717, 1.165) is 0 Å². The second-order valence-electron chi connectivity index (χ2n) is 4.57. The molecule has 0 saturated heterocycles. The molecule has 0 aliphatic rings. The number of aliphatic hydroxyl groups excluding tert-OH is 1. The van der Waals surface area contributed by atoms with E-state index in [4.69, 9.17) is 10.2 Å². The zero-order chi connectivity index (χ0) is 15.5. The zero-order valence-corrected chi connectivity index (χ0v) is 12.4. The SMILES string of the molecule is Cc1nn(CCC(=O)O)c(C)c1S(=O)(=O)NCC(C)O. The van der Waals surface area contributed by atoms with Crippen molar-refractivity contribution in [1.82, 2.24) is 14.5 Å². The Labute approximate surface area is 117 Å². The molecule has 0 fully saturated rings. The molecule has 0 amide bonds. The largest absolute Gasteiger partial charge is 0.481 e. The number of nitrogens with zero attached hydrogens (tertiary/aromatic N) is 2. The second-order valence-corrected chi connectivity index (χ2v) is 6.27. The predicted octanol–water partition coefficient (Wildman–Crippen LogP) is -0.366. The fourth-order valence-electron chi connectivity index (χ4n) is 1.79.